The summed E-state index contributed by atoms with van der Waals surface area (Å²) in [4.78, 5) is 25.2. The van der Waals surface area contributed by atoms with Crippen molar-refractivity contribution in [1.82, 2.24) is 4.90 Å². The second-order valence-corrected chi connectivity index (χ2v) is 4.96. The van der Waals surface area contributed by atoms with Gasteiger partial charge in [-0.05, 0) is 31.6 Å². The number of amides is 2. The lowest BCUT2D eigenvalue weighted by Crippen LogP contribution is -2.49. The van der Waals surface area contributed by atoms with E-state index in [1.807, 2.05) is 0 Å². The number of rotatable bonds is 2. The molecule has 0 aromatic rings. The molecular formula is C11H16N2O3. The molecule has 0 spiro atoms. The number of piperidine rings is 1. The Morgan fingerprint density at radius 3 is 2.75 bits per heavy atom. The molecule has 0 aromatic heterocycles. The zero-order valence-electron chi connectivity index (χ0n) is 9.09. The highest BCUT2D eigenvalue weighted by atomic mass is 16.5. The molecule has 4 atom stereocenters. The first-order valence-corrected chi connectivity index (χ1v) is 5.91. The number of carbonyl (C=O) groups is 2. The zero-order valence-corrected chi connectivity index (χ0v) is 9.09. The fourth-order valence-electron chi connectivity index (χ4n) is 2.97. The minimum absolute atomic E-state index is 0.0219. The molecule has 3 unspecified atom stereocenters. The second-order valence-electron chi connectivity index (χ2n) is 4.96. The Bertz CT molecular complexity index is 338. The summed E-state index contributed by atoms with van der Waals surface area (Å²) >= 11 is 0. The Balaban J connectivity index is 1.76. The van der Waals surface area contributed by atoms with Crippen LogP contribution in [0.25, 0.3) is 0 Å². The minimum Gasteiger partial charge on any atom is -0.368 e. The summed E-state index contributed by atoms with van der Waals surface area (Å²) in [5, 5.41) is 0. The molecule has 3 rings (SSSR count). The van der Waals surface area contributed by atoms with E-state index in [-0.39, 0.29) is 30.0 Å². The second kappa shape index (κ2) is 3.45. The van der Waals surface area contributed by atoms with E-state index in [2.05, 4.69) is 0 Å². The first-order valence-electron chi connectivity index (χ1n) is 5.91. The van der Waals surface area contributed by atoms with Crippen molar-refractivity contribution in [2.24, 2.45) is 11.7 Å². The van der Waals surface area contributed by atoms with E-state index in [0.29, 0.717) is 12.5 Å². The monoisotopic (exact) mass is 224 g/mol. The van der Waals surface area contributed by atoms with E-state index >= 15 is 0 Å². The number of likely N-dealkylation sites (tertiary alicyclic amines) is 1. The molecule has 2 aliphatic heterocycles. The average Bonchev–Trinajstić information content (AvgIpc) is 2.72. The van der Waals surface area contributed by atoms with Crippen molar-refractivity contribution < 1.29 is 14.3 Å². The quantitative estimate of drug-likeness (QED) is 0.696. The van der Waals surface area contributed by atoms with Crippen molar-refractivity contribution in [2.45, 2.75) is 43.9 Å². The molecule has 0 radical (unpaired) electrons. The number of primary amides is 1. The third-order valence-corrected chi connectivity index (χ3v) is 3.89. The number of nitrogens with zero attached hydrogens (tertiary/aromatic N) is 1. The Labute approximate surface area is 93.9 Å². The van der Waals surface area contributed by atoms with Gasteiger partial charge in [0.05, 0.1) is 0 Å². The molecule has 3 aliphatic rings. The van der Waals surface area contributed by atoms with Crippen LogP contribution in [-0.2, 0) is 14.3 Å². The molecular weight excluding hydrogens is 208 g/mol. The maximum absolute atomic E-state index is 12.2. The van der Waals surface area contributed by atoms with Crippen molar-refractivity contribution in [3.05, 3.63) is 0 Å². The van der Waals surface area contributed by atoms with E-state index in [1.54, 1.807) is 4.90 Å². The van der Waals surface area contributed by atoms with E-state index in [0.717, 1.165) is 25.7 Å². The van der Waals surface area contributed by atoms with Gasteiger partial charge in [0, 0.05) is 12.6 Å². The normalized spacial score (nSPS) is 40.9. The Hall–Kier alpha value is -1.10. The van der Waals surface area contributed by atoms with Gasteiger partial charge in [0.15, 0.2) is 0 Å². The predicted octanol–water partition coefficient (Wildman–Crippen LogP) is -0.360. The SMILES string of the molecule is NC(=O)C1CC2CC2N1C(=O)[C@H]1CCCO1. The van der Waals surface area contributed by atoms with Crippen LogP contribution >= 0.6 is 0 Å². The van der Waals surface area contributed by atoms with Crippen LogP contribution in [0.2, 0.25) is 0 Å². The molecule has 3 fully saturated rings. The number of nitrogens with two attached hydrogens (primary N) is 1. The van der Waals surface area contributed by atoms with Crippen LogP contribution in [0.5, 0.6) is 0 Å². The lowest BCUT2D eigenvalue weighted by Gasteiger charge is -2.27. The van der Waals surface area contributed by atoms with Gasteiger partial charge < -0.3 is 15.4 Å². The van der Waals surface area contributed by atoms with E-state index in [4.69, 9.17) is 10.5 Å². The maximum Gasteiger partial charge on any atom is 0.252 e. The molecule has 1 aliphatic carbocycles. The Morgan fingerprint density at radius 1 is 1.31 bits per heavy atom. The van der Waals surface area contributed by atoms with Crippen LogP contribution in [0.15, 0.2) is 0 Å². The smallest absolute Gasteiger partial charge is 0.252 e. The summed E-state index contributed by atoms with van der Waals surface area (Å²) in [5.74, 6) is 0.104. The van der Waals surface area contributed by atoms with Gasteiger partial charge in [-0.3, -0.25) is 9.59 Å². The number of hydrogen-bond acceptors (Lipinski definition) is 3. The van der Waals surface area contributed by atoms with Crippen molar-refractivity contribution in [3.8, 4) is 0 Å². The topological polar surface area (TPSA) is 72.6 Å². The molecule has 2 N–H and O–H groups in total. The fourth-order valence-corrected chi connectivity index (χ4v) is 2.97. The number of carbonyl (C=O) groups excluding carboxylic acids is 2. The van der Waals surface area contributed by atoms with Crippen molar-refractivity contribution in [2.75, 3.05) is 6.61 Å². The lowest BCUT2D eigenvalue weighted by atomic mass is 10.1. The van der Waals surface area contributed by atoms with Crippen LogP contribution in [-0.4, -0.2) is 41.5 Å². The van der Waals surface area contributed by atoms with Gasteiger partial charge in [-0.25, -0.2) is 0 Å². The maximum atomic E-state index is 12.2. The van der Waals surface area contributed by atoms with Gasteiger partial charge in [0.1, 0.15) is 12.1 Å². The highest BCUT2D eigenvalue weighted by Gasteiger charge is 2.56. The molecule has 0 aromatic carbocycles. The summed E-state index contributed by atoms with van der Waals surface area (Å²) in [6, 6.07) is -0.130. The van der Waals surface area contributed by atoms with Crippen LogP contribution < -0.4 is 5.73 Å². The summed E-state index contributed by atoms with van der Waals surface area (Å²) in [7, 11) is 0. The van der Waals surface area contributed by atoms with E-state index in [9.17, 15) is 9.59 Å². The van der Waals surface area contributed by atoms with Gasteiger partial charge in [0.2, 0.25) is 5.91 Å². The van der Waals surface area contributed by atoms with Crippen LogP contribution in [0.3, 0.4) is 0 Å². The first-order chi connectivity index (χ1) is 7.68. The zero-order chi connectivity index (χ0) is 11.3. The van der Waals surface area contributed by atoms with Gasteiger partial charge >= 0.3 is 0 Å². The predicted molar refractivity (Wildman–Crippen MR) is 55.3 cm³/mol. The van der Waals surface area contributed by atoms with Gasteiger partial charge in [0.25, 0.3) is 5.91 Å². The largest absolute Gasteiger partial charge is 0.368 e. The summed E-state index contributed by atoms with van der Waals surface area (Å²) in [5.41, 5.74) is 5.33. The molecule has 2 heterocycles. The lowest BCUT2D eigenvalue weighted by molar-refractivity contribution is -0.146. The van der Waals surface area contributed by atoms with Gasteiger partial charge in [-0.2, -0.15) is 0 Å². The highest BCUT2D eigenvalue weighted by molar-refractivity contribution is 5.90. The summed E-state index contributed by atoms with van der Waals surface area (Å²) < 4.78 is 5.38. The van der Waals surface area contributed by atoms with Crippen LogP contribution in [0, 0.1) is 5.92 Å². The van der Waals surface area contributed by atoms with Crippen LogP contribution in [0.4, 0.5) is 0 Å². The standard InChI is InChI=1S/C11H16N2O3/c12-10(14)8-5-6-4-7(6)13(8)11(15)9-2-1-3-16-9/h6-9H,1-5H2,(H2,12,14)/t6?,7?,8?,9-/m1/s1. The number of fused-ring (bicyclic) bond motifs is 1. The third-order valence-electron chi connectivity index (χ3n) is 3.89. The molecule has 2 amide bonds. The molecule has 0 bridgehead atoms. The molecule has 5 heteroatoms. The van der Waals surface area contributed by atoms with Crippen molar-refractivity contribution in [3.63, 3.8) is 0 Å². The van der Waals surface area contributed by atoms with Crippen LogP contribution in [0.1, 0.15) is 25.7 Å². The highest BCUT2D eigenvalue weighted by Crippen LogP contribution is 2.48. The molecule has 88 valence electrons. The molecule has 1 saturated carbocycles. The van der Waals surface area contributed by atoms with Gasteiger partial charge in [-0.1, -0.05) is 0 Å². The van der Waals surface area contributed by atoms with Crippen molar-refractivity contribution in [1.29, 1.82) is 0 Å². The molecule has 5 nitrogen and oxygen atoms in total. The third kappa shape index (κ3) is 1.42. The molecule has 2 saturated heterocycles. The Kier molecular flexibility index (Phi) is 2.17. The van der Waals surface area contributed by atoms with Crippen molar-refractivity contribution >= 4 is 11.8 Å². The fraction of sp³-hybridized carbons (Fsp3) is 0.818. The van der Waals surface area contributed by atoms with E-state index < -0.39 is 0 Å². The molecule has 16 heavy (non-hydrogen) atoms. The number of hydrogen-bond donors (Lipinski definition) is 1. The number of ether oxygens (including phenoxy) is 1. The first kappa shape index (κ1) is 10.1. The minimum atomic E-state index is -0.388. The van der Waals surface area contributed by atoms with E-state index in [1.165, 1.54) is 0 Å². The summed E-state index contributed by atoms with van der Waals surface area (Å²) in [6.07, 6.45) is 3.15. The summed E-state index contributed by atoms with van der Waals surface area (Å²) in [6.45, 7) is 0.652. The Morgan fingerprint density at radius 2 is 2.12 bits per heavy atom. The van der Waals surface area contributed by atoms with Gasteiger partial charge in [-0.15, -0.1) is 0 Å². The average molecular weight is 224 g/mol.